The van der Waals surface area contributed by atoms with Crippen LogP contribution in [-0.4, -0.2) is 18.7 Å². The number of aryl methyl sites for hydroxylation is 2. The molecule has 29 heavy (non-hydrogen) atoms. The number of nitrogens with zero attached hydrogens (tertiary/aromatic N) is 1. The molecule has 0 N–H and O–H groups in total. The molecule has 0 atom stereocenters. The number of benzene rings is 3. The van der Waals surface area contributed by atoms with Crippen LogP contribution >= 0.6 is 0 Å². The number of rotatable bonds is 6. The fraction of sp³-hybridized carbons (Fsp3) is 0.160. The molecule has 3 aromatic carbocycles. The van der Waals surface area contributed by atoms with Gasteiger partial charge in [-0.1, -0.05) is 30.9 Å². The molecule has 0 aliphatic carbocycles. The summed E-state index contributed by atoms with van der Waals surface area (Å²) in [5, 5.41) is 0. The Kier molecular flexibility index (Phi) is 5.09. The third-order valence-corrected chi connectivity index (χ3v) is 4.86. The van der Waals surface area contributed by atoms with E-state index in [1.165, 1.54) is 0 Å². The number of ether oxygens (including phenoxy) is 2. The molecule has 1 aromatic heterocycles. The summed E-state index contributed by atoms with van der Waals surface area (Å²) in [7, 11) is 1.70. The van der Waals surface area contributed by atoms with Gasteiger partial charge in [0.05, 0.1) is 12.7 Å². The van der Waals surface area contributed by atoms with E-state index < -0.39 is 0 Å². The number of hydrogen-bond donors (Lipinski definition) is 0. The van der Waals surface area contributed by atoms with Crippen LogP contribution in [0.15, 0.2) is 71.7 Å². The fourth-order valence-electron chi connectivity index (χ4n) is 3.58. The summed E-state index contributed by atoms with van der Waals surface area (Å²) in [5.41, 5.74) is 6.78. The second-order valence-electron chi connectivity index (χ2n) is 6.94. The van der Waals surface area contributed by atoms with Gasteiger partial charge >= 0.3 is 0 Å². The molecular formula is C25H23NO3. The van der Waals surface area contributed by atoms with E-state index in [9.17, 15) is 0 Å². The van der Waals surface area contributed by atoms with E-state index in [1.54, 1.807) is 13.2 Å². The molecule has 146 valence electrons. The van der Waals surface area contributed by atoms with Crippen molar-refractivity contribution in [2.24, 2.45) is 0 Å². The van der Waals surface area contributed by atoms with Gasteiger partial charge in [-0.15, -0.1) is 0 Å². The summed E-state index contributed by atoms with van der Waals surface area (Å²) in [6.45, 7) is 8.24. The summed E-state index contributed by atoms with van der Waals surface area (Å²) in [5.74, 6) is 2.19. The monoisotopic (exact) mass is 385 g/mol. The maximum atomic E-state index is 6.10. The van der Waals surface area contributed by atoms with Gasteiger partial charge < -0.3 is 13.9 Å². The van der Waals surface area contributed by atoms with E-state index in [-0.39, 0.29) is 0 Å². The molecule has 0 aliphatic heterocycles. The number of fused-ring (bicyclic) bond motifs is 1. The Balaban J connectivity index is 1.75. The fourth-order valence-corrected chi connectivity index (χ4v) is 3.58. The Morgan fingerprint density at radius 2 is 1.76 bits per heavy atom. The lowest BCUT2D eigenvalue weighted by molar-refractivity contribution is 0.363. The van der Waals surface area contributed by atoms with Gasteiger partial charge in [0.15, 0.2) is 5.58 Å². The first-order valence-electron chi connectivity index (χ1n) is 9.50. The van der Waals surface area contributed by atoms with Crippen molar-refractivity contribution in [1.82, 2.24) is 4.98 Å². The zero-order valence-corrected chi connectivity index (χ0v) is 16.9. The molecule has 0 saturated heterocycles. The number of hydrogen-bond acceptors (Lipinski definition) is 4. The molecule has 0 amide bonds. The first-order chi connectivity index (χ1) is 14.1. The van der Waals surface area contributed by atoms with Crippen molar-refractivity contribution in [2.45, 2.75) is 13.8 Å². The molecule has 0 unspecified atom stereocenters. The first-order valence-corrected chi connectivity index (χ1v) is 9.50. The second kappa shape index (κ2) is 7.84. The largest absolute Gasteiger partial charge is 0.496 e. The number of oxazole rings is 1. The normalized spacial score (nSPS) is 10.9. The van der Waals surface area contributed by atoms with E-state index in [0.29, 0.717) is 12.5 Å². The molecular weight excluding hydrogens is 362 g/mol. The molecule has 0 aliphatic rings. The van der Waals surface area contributed by atoms with Gasteiger partial charge in [-0.2, -0.15) is 0 Å². The summed E-state index contributed by atoms with van der Waals surface area (Å²) in [4.78, 5) is 4.66. The van der Waals surface area contributed by atoms with Crippen LogP contribution in [0.5, 0.6) is 11.5 Å². The molecule has 0 saturated carbocycles. The van der Waals surface area contributed by atoms with E-state index in [4.69, 9.17) is 13.9 Å². The zero-order chi connectivity index (χ0) is 20.4. The molecule has 0 bridgehead atoms. The molecule has 4 heteroatoms. The lowest BCUT2D eigenvalue weighted by Crippen LogP contribution is -1.94. The summed E-state index contributed by atoms with van der Waals surface area (Å²) in [6, 6.07) is 18.1. The van der Waals surface area contributed by atoms with Crippen molar-refractivity contribution in [2.75, 3.05) is 13.7 Å². The Morgan fingerprint density at radius 3 is 2.48 bits per heavy atom. The highest BCUT2D eigenvalue weighted by atomic mass is 16.5. The van der Waals surface area contributed by atoms with Crippen molar-refractivity contribution in [1.29, 1.82) is 0 Å². The molecule has 0 radical (unpaired) electrons. The molecule has 4 aromatic rings. The van der Waals surface area contributed by atoms with Crippen molar-refractivity contribution >= 4 is 11.1 Å². The van der Waals surface area contributed by atoms with Gasteiger partial charge in [0.2, 0.25) is 5.89 Å². The van der Waals surface area contributed by atoms with Gasteiger partial charge in [0, 0.05) is 0 Å². The number of para-hydroxylation sites is 1. The molecule has 0 spiro atoms. The van der Waals surface area contributed by atoms with Gasteiger partial charge in [-0.05, 0) is 72.5 Å². The van der Waals surface area contributed by atoms with E-state index >= 15 is 0 Å². The zero-order valence-electron chi connectivity index (χ0n) is 16.9. The van der Waals surface area contributed by atoms with Crippen molar-refractivity contribution < 1.29 is 13.9 Å². The van der Waals surface area contributed by atoms with Crippen molar-refractivity contribution in [3.8, 4) is 34.1 Å². The van der Waals surface area contributed by atoms with Crippen molar-refractivity contribution in [3.05, 3.63) is 78.4 Å². The maximum Gasteiger partial charge on any atom is 0.231 e. The standard InChI is InChI=1S/C25H23NO3/c1-5-12-28-22-9-7-6-8-20(22)25-26-21-11-10-18(15-23(21)29-25)19-13-16(2)24(27-4)17(3)14-19/h5-11,13-15H,1,12H2,2-4H3. The van der Waals surface area contributed by atoms with Crippen molar-refractivity contribution in [3.63, 3.8) is 0 Å². The van der Waals surface area contributed by atoms with Crippen LogP contribution in [0.25, 0.3) is 33.7 Å². The van der Waals surface area contributed by atoms with Crippen LogP contribution in [0.2, 0.25) is 0 Å². The van der Waals surface area contributed by atoms with Crippen LogP contribution in [-0.2, 0) is 0 Å². The van der Waals surface area contributed by atoms with E-state index in [0.717, 1.165) is 50.4 Å². The Morgan fingerprint density at radius 1 is 1.00 bits per heavy atom. The van der Waals surface area contributed by atoms with Gasteiger partial charge in [-0.25, -0.2) is 4.98 Å². The van der Waals surface area contributed by atoms with E-state index in [2.05, 4.69) is 43.6 Å². The van der Waals surface area contributed by atoms with Crippen LogP contribution in [0.3, 0.4) is 0 Å². The minimum atomic E-state index is 0.428. The van der Waals surface area contributed by atoms with Crippen LogP contribution < -0.4 is 9.47 Å². The second-order valence-corrected chi connectivity index (χ2v) is 6.94. The predicted octanol–water partition coefficient (Wildman–Crippen LogP) is 6.35. The SMILES string of the molecule is C=CCOc1ccccc1-c1nc2ccc(-c3cc(C)c(OC)c(C)c3)cc2o1. The molecule has 1 heterocycles. The summed E-state index contributed by atoms with van der Waals surface area (Å²) in [6.07, 6.45) is 1.72. The lowest BCUT2D eigenvalue weighted by Gasteiger charge is -2.11. The Hall–Kier alpha value is -3.53. The third-order valence-electron chi connectivity index (χ3n) is 4.86. The van der Waals surface area contributed by atoms with Gasteiger partial charge in [0.1, 0.15) is 23.6 Å². The molecule has 4 nitrogen and oxygen atoms in total. The smallest absolute Gasteiger partial charge is 0.231 e. The summed E-state index contributed by atoms with van der Waals surface area (Å²) >= 11 is 0. The predicted molar refractivity (Wildman–Crippen MR) is 117 cm³/mol. The van der Waals surface area contributed by atoms with Crippen LogP contribution in [0.1, 0.15) is 11.1 Å². The minimum Gasteiger partial charge on any atom is -0.496 e. The maximum absolute atomic E-state index is 6.10. The highest BCUT2D eigenvalue weighted by Crippen LogP contribution is 2.35. The highest BCUT2D eigenvalue weighted by Gasteiger charge is 2.14. The van der Waals surface area contributed by atoms with Crippen LogP contribution in [0.4, 0.5) is 0 Å². The average Bonchev–Trinajstić information content (AvgIpc) is 3.15. The Bertz CT molecular complexity index is 1170. The van der Waals surface area contributed by atoms with Crippen LogP contribution in [0, 0.1) is 13.8 Å². The minimum absolute atomic E-state index is 0.428. The molecule has 0 fully saturated rings. The topological polar surface area (TPSA) is 44.5 Å². The average molecular weight is 385 g/mol. The van der Waals surface area contributed by atoms with E-state index in [1.807, 2.05) is 36.4 Å². The van der Waals surface area contributed by atoms with Gasteiger partial charge in [-0.3, -0.25) is 0 Å². The first kappa shape index (κ1) is 18.8. The number of aromatic nitrogens is 1. The van der Waals surface area contributed by atoms with Gasteiger partial charge in [0.25, 0.3) is 0 Å². The Labute approximate surface area is 170 Å². The third kappa shape index (κ3) is 3.61. The lowest BCUT2D eigenvalue weighted by atomic mass is 9.99. The quantitative estimate of drug-likeness (QED) is 0.363. The summed E-state index contributed by atoms with van der Waals surface area (Å²) < 4.78 is 17.3. The number of methoxy groups -OCH3 is 1. The molecule has 4 rings (SSSR count). The highest BCUT2D eigenvalue weighted by molar-refractivity contribution is 5.83.